The van der Waals surface area contributed by atoms with Crippen molar-refractivity contribution in [1.82, 2.24) is 0 Å². The van der Waals surface area contributed by atoms with E-state index in [9.17, 15) is 4.79 Å². The van der Waals surface area contributed by atoms with Gasteiger partial charge in [0.15, 0.2) is 0 Å². The summed E-state index contributed by atoms with van der Waals surface area (Å²) in [5, 5.41) is 8.25. The molecule has 0 saturated heterocycles. The summed E-state index contributed by atoms with van der Waals surface area (Å²) in [6.07, 6.45) is -0.732. The van der Waals surface area contributed by atoms with Gasteiger partial charge >= 0.3 is 5.97 Å². The van der Waals surface area contributed by atoms with E-state index in [1.807, 2.05) is 0 Å². The summed E-state index contributed by atoms with van der Waals surface area (Å²) >= 11 is 0. The minimum absolute atomic E-state index is 0.304. The van der Waals surface area contributed by atoms with Crippen LogP contribution in [0.3, 0.4) is 0 Å². The number of rotatable bonds is 4. The molecule has 0 spiro atoms. The van der Waals surface area contributed by atoms with Crippen LogP contribution >= 0.6 is 0 Å². The molecule has 0 aliphatic rings. The van der Waals surface area contributed by atoms with E-state index in [0.29, 0.717) is 5.57 Å². The number of carbonyl (C=O) groups is 1. The molecule has 0 bridgehead atoms. The maximum atomic E-state index is 10.7. The van der Waals surface area contributed by atoms with Crippen LogP contribution in [0, 0.1) is 0 Å². The molecule has 0 aliphatic heterocycles. The second-order valence-corrected chi connectivity index (χ2v) is 2.05. The quantitative estimate of drug-likeness (QED) is 0.368. The van der Waals surface area contributed by atoms with E-state index in [1.54, 1.807) is 0 Å². The number of esters is 1. The van der Waals surface area contributed by atoms with Gasteiger partial charge in [0.2, 0.25) is 6.29 Å². The fourth-order valence-electron chi connectivity index (χ4n) is 0.390. The molecule has 0 aromatic heterocycles. The van der Waals surface area contributed by atoms with E-state index in [2.05, 4.69) is 16.1 Å². The van der Waals surface area contributed by atoms with E-state index < -0.39 is 19.1 Å². The van der Waals surface area contributed by atoms with Crippen LogP contribution in [0.25, 0.3) is 0 Å². The van der Waals surface area contributed by atoms with Crippen molar-refractivity contribution < 1.29 is 19.4 Å². The summed E-state index contributed by atoms with van der Waals surface area (Å²) in [7, 11) is 0. The Bertz CT molecular complexity index is 153. The third kappa shape index (κ3) is 4.52. The summed E-state index contributed by atoms with van der Waals surface area (Å²) < 4.78 is 9.17. The van der Waals surface area contributed by atoms with Crippen LogP contribution in [0.4, 0.5) is 0 Å². The third-order valence-corrected chi connectivity index (χ3v) is 0.931. The Labute approximate surface area is 65.4 Å². The first-order valence-corrected chi connectivity index (χ1v) is 3.17. The standard InChI is InChI=1S/C7H12O4/c1-5(2)7(9)11-6(3)10-4-8/h6,8H,1,4H2,2-3H3. The topological polar surface area (TPSA) is 55.8 Å². The monoisotopic (exact) mass is 160 g/mol. The van der Waals surface area contributed by atoms with Gasteiger partial charge in [0.05, 0.1) is 0 Å². The number of aliphatic hydroxyl groups excluding tert-OH is 1. The average molecular weight is 160 g/mol. The van der Waals surface area contributed by atoms with Gasteiger partial charge in [-0.1, -0.05) is 6.58 Å². The molecule has 0 amide bonds. The minimum atomic E-state index is -0.732. The fourth-order valence-corrected chi connectivity index (χ4v) is 0.390. The van der Waals surface area contributed by atoms with Crippen molar-refractivity contribution in [2.45, 2.75) is 20.1 Å². The fraction of sp³-hybridized carbons (Fsp3) is 0.571. The zero-order chi connectivity index (χ0) is 8.85. The van der Waals surface area contributed by atoms with E-state index in [1.165, 1.54) is 13.8 Å². The van der Waals surface area contributed by atoms with Gasteiger partial charge in [-0.05, 0) is 13.8 Å². The van der Waals surface area contributed by atoms with Crippen LogP contribution in [-0.4, -0.2) is 24.2 Å². The van der Waals surface area contributed by atoms with Gasteiger partial charge in [-0.15, -0.1) is 0 Å². The van der Waals surface area contributed by atoms with Crippen molar-refractivity contribution in [3.8, 4) is 0 Å². The molecular formula is C7H12O4. The zero-order valence-corrected chi connectivity index (χ0v) is 6.66. The SMILES string of the molecule is C=C(C)C(=O)OC(C)OCO. The highest BCUT2D eigenvalue weighted by Crippen LogP contribution is 1.98. The van der Waals surface area contributed by atoms with Crippen LogP contribution in [-0.2, 0) is 14.3 Å². The molecule has 4 heteroatoms. The van der Waals surface area contributed by atoms with Gasteiger partial charge in [-0.25, -0.2) is 4.79 Å². The summed E-state index contributed by atoms with van der Waals surface area (Å²) in [4.78, 5) is 10.7. The maximum Gasteiger partial charge on any atom is 0.335 e. The van der Waals surface area contributed by atoms with Gasteiger partial charge in [-0.3, -0.25) is 0 Å². The first kappa shape index (κ1) is 10.1. The average Bonchev–Trinajstić information content (AvgIpc) is 1.87. The molecule has 0 fully saturated rings. The third-order valence-electron chi connectivity index (χ3n) is 0.931. The molecule has 64 valence electrons. The highest BCUT2D eigenvalue weighted by atomic mass is 16.7. The normalized spacial score (nSPS) is 12.3. The molecule has 1 N–H and O–H groups in total. The van der Waals surface area contributed by atoms with Gasteiger partial charge < -0.3 is 14.6 Å². The number of carbonyl (C=O) groups excluding carboxylic acids is 1. The molecule has 0 heterocycles. The maximum absolute atomic E-state index is 10.7. The second kappa shape index (κ2) is 4.87. The first-order valence-electron chi connectivity index (χ1n) is 3.17. The number of hydrogen-bond acceptors (Lipinski definition) is 4. The van der Waals surface area contributed by atoms with Crippen molar-refractivity contribution in [1.29, 1.82) is 0 Å². The van der Waals surface area contributed by atoms with Crippen molar-refractivity contribution in [3.05, 3.63) is 12.2 Å². The summed E-state index contributed by atoms with van der Waals surface area (Å²) in [5.41, 5.74) is 0.304. The Morgan fingerprint density at radius 2 is 2.27 bits per heavy atom. The Morgan fingerprint density at radius 1 is 1.73 bits per heavy atom. The lowest BCUT2D eigenvalue weighted by molar-refractivity contribution is -0.185. The first-order chi connectivity index (χ1) is 5.07. The molecule has 0 aliphatic carbocycles. The van der Waals surface area contributed by atoms with Crippen LogP contribution in [0.1, 0.15) is 13.8 Å². The number of ether oxygens (including phenoxy) is 2. The van der Waals surface area contributed by atoms with Gasteiger partial charge in [0, 0.05) is 5.57 Å². The lowest BCUT2D eigenvalue weighted by Gasteiger charge is -2.11. The smallest absolute Gasteiger partial charge is 0.335 e. The summed E-state index contributed by atoms with van der Waals surface area (Å²) in [6, 6.07) is 0. The molecule has 11 heavy (non-hydrogen) atoms. The predicted molar refractivity (Wildman–Crippen MR) is 38.5 cm³/mol. The second-order valence-electron chi connectivity index (χ2n) is 2.05. The molecule has 0 rings (SSSR count). The molecule has 0 aromatic carbocycles. The highest BCUT2D eigenvalue weighted by Gasteiger charge is 2.08. The van der Waals surface area contributed by atoms with Crippen LogP contribution in [0.15, 0.2) is 12.2 Å². The molecule has 0 radical (unpaired) electrons. The van der Waals surface area contributed by atoms with E-state index in [4.69, 9.17) is 5.11 Å². The van der Waals surface area contributed by atoms with Crippen molar-refractivity contribution >= 4 is 5.97 Å². The van der Waals surface area contributed by atoms with Crippen LogP contribution in [0.2, 0.25) is 0 Å². The van der Waals surface area contributed by atoms with Crippen molar-refractivity contribution in [2.24, 2.45) is 0 Å². The molecule has 4 nitrogen and oxygen atoms in total. The Hall–Kier alpha value is -0.870. The molecule has 0 aromatic rings. The van der Waals surface area contributed by atoms with Crippen molar-refractivity contribution in [2.75, 3.05) is 6.79 Å². The van der Waals surface area contributed by atoms with Gasteiger partial charge in [0.25, 0.3) is 0 Å². The van der Waals surface area contributed by atoms with Gasteiger partial charge in [-0.2, -0.15) is 0 Å². The summed E-state index contributed by atoms with van der Waals surface area (Å²) in [5.74, 6) is -0.522. The van der Waals surface area contributed by atoms with Crippen LogP contribution < -0.4 is 0 Å². The number of hydrogen-bond donors (Lipinski definition) is 1. The summed E-state index contributed by atoms with van der Waals surface area (Å²) in [6.45, 7) is 5.95. The molecular weight excluding hydrogens is 148 g/mol. The molecule has 1 atom stereocenters. The number of aliphatic hydroxyl groups is 1. The lowest BCUT2D eigenvalue weighted by atomic mass is 10.4. The Morgan fingerprint density at radius 3 is 2.64 bits per heavy atom. The lowest BCUT2D eigenvalue weighted by Crippen LogP contribution is -2.18. The zero-order valence-electron chi connectivity index (χ0n) is 6.66. The highest BCUT2D eigenvalue weighted by molar-refractivity contribution is 5.86. The van der Waals surface area contributed by atoms with E-state index >= 15 is 0 Å². The van der Waals surface area contributed by atoms with Gasteiger partial charge in [0.1, 0.15) is 6.79 Å². The molecule has 0 saturated carbocycles. The largest absolute Gasteiger partial charge is 0.433 e. The van der Waals surface area contributed by atoms with Crippen molar-refractivity contribution in [3.63, 3.8) is 0 Å². The Kier molecular flexibility index (Phi) is 4.49. The van der Waals surface area contributed by atoms with Crippen LogP contribution in [0.5, 0.6) is 0 Å². The van der Waals surface area contributed by atoms with E-state index in [0.717, 1.165) is 0 Å². The predicted octanol–water partition coefficient (Wildman–Crippen LogP) is 0.418. The van der Waals surface area contributed by atoms with E-state index in [-0.39, 0.29) is 0 Å². The molecule has 1 unspecified atom stereocenters. The Balaban J connectivity index is 3.66. The minimum Gasteiger partial charge on any atom is -0.433 e.